The summed E-state index contributed by atoms with van der Waals surface area (Å²) >= 11 is 0. The Balaban J connectivity index is 2.40. The fourth-order valence-corrected chi connectivity index (χ4v) is 2.10. The maximum Gasteiger partial charge on any atom is 0.126 e. The van der Waals surface area contributed by atoms with Crippen molar-refractivity contribution >= 4 is 0 Å². The Morgan fingerprint density at radius 3 is 3.00 bits per heavy atom. The van der Waals surface area contributed by atoms with Crippen molar-refractivity contribution in [3.63, 3.8) is 0 Å². The van der Waals surface area contributed by atoms with Gasteiger partial charge in [0, 0.05) is 0 Å². The zero-order chi connectivity index (χ0) is 10.1. The Hall–Kier alpha value is -0.930. The molecule has 1 aliphatic carbocycles. The van der Waals surface area contributed by atoms with Gasteiger partial charge in [-0.25, -0.2) is 4.39 Å². The van der Waals surface area contributed by atoms with Crippen LogP contribution in [0.5, 0.6) is 0 Å². The molecule has 1 aromatic rings. The van der Waals surface area contributed by atoms with Gasteiger partial charge in [-0.1, -0.05) is 12.1 Å². The van der Waals surface area contributed by atoms with Gasteiger partial charge in [0.15, 0.2) is 0 Å². The fraction of sp³-hybridized carbons (Fsp3) is 0.455. The summed E-state index contributed by atoms with van der Waals surface area (Å²) in [6, 6.07) is 4.86. The average Bonchev–Trinajstić information content (AvgIpc) is 2.19. The van der Waals surface area contributed by atoms with Crippen molar-refractivity contribution in [1.82, 2.24) is 0 Å². The summed E-state index contributed by atoms with van der Waals surface area (Å²) in [5.74, 6) is -0.0194. The van der Waals surface area contributed by atoms with Crippen molar-refractivity contribution in [3.05, 3.63) is 35.1 Å². The van der Waals surface area contributed by atoms with E-state index in [1.165, 1.54) is 6.07 Å². The lowest BCUT2D eigenvalue weighted by atomic mass is 9.82. The molecule has 2 atom stereocenters. The van der Waals surface area contributed by atoms with Gasteiger partial charge in [-0.05, 0) is 42.5 Å². The molecule has 0 radical (unpaired) electrons. The van der Waals surface area contributed by atoms with Crippen molar-refractivity contribution in [3.8, 4) is 0 Å². The summed E-state index contributed by atoms with van der Waals surface area (Å²) in [4.78, 5) is 0. The Morgan fingerprint density at radius 2 is 2.29 bits per heavy atom. The van der Waals surface area contributed by atoms with Crippen LogP contribution >= 0.6 is 0 Å². The van der Waals surface area contributed by atoms with E-state index in [-0.39, 0.29) is 11.7 Å². The van der Waals surface area contributed by atoms with Crippen LogP contribution in [0.25, 0.3) is 0 Å². The van der Waals surface area contributed by atoms with Crippen LogP contribution in [0.1, 0.15) is 23.7 Å². The van der Waals surface area contributed by atoms with Crippen molar-refractivity contribution in [2.45, 2.75) is 18.9 Å². The highest BCUT2D eigenvalue weighted by atomic mass is 19.1. The van der Waals surface area contributed by atoms with Crippen LogP contribution in [0.4, 0.5) is 4.39 Å². The minimum Gasteiger partial charge on any atom is -0.388 e. The van der Waals surface area contributed by atoms with Gasteiger partial charge in [0.2, 0.25) is 0 Å². The molecule has 14 heavy (non-hydrogen) atoms. The molecule has 76 valence electrons. The number of aliphatic hydroxyl groups excluding tert-OH is 1. The summed E-state index contributed by atoms with van der Waals surface area (Å²) in [5.41, 5.74) is 6.91. The van der Waals surface area contributed by atoms with E-state index < -0.39 is 6.10 Å². The highest BCUT2D eigenvalue weighted by molar-refractivity contribution is 5.33. The number of hydrogen-bond donors (Lipinski definition) is 2. The van der Waals surface area contributed by atoms with Crippen LogP contribution in [0.15, 0.2) is 18.2 Å². The van der Waals surface area contributed by atoms with Gasteiger partial charge in [-0.15, -0.1) is 0 Å². The molecule has 3 N–H and O–H groups in total. The molecule has 0 heterocycles. The number of benzene rings is 1. The normalized spacial score (nSPS) is 25.9. The molecule has 0 saturated heterocycles. The van der Waals surface area contributed by atoms with Gasteiger partial charge in [0.25, 0.3) is 0 Å². The topological polar surface area (TPSA) is 46.2 Å². The highest BCUT2D eigenvalue weighted by Gasteiger charge is 2.26. The largest absolute Gasteiger partial charge is 0.388 e. The summed E-state index contributed by atoms with van der Waals surface area (Å²) in [6.07, 6.45) is 0.741. The molecule has 0 amide bonds. The number of aliphatic hydroxyl groups is 1. The third-order valence-corrected chi connectivity index (χ3v) is 2.90. The fourth-order valence-electron chi connectivity index (χ4n) is 2.10. The number of rotatable bonds is 1. The molecule has 3 heteroatoms. The molecule has 1 aromatic carbocycles. The molecule has 0 saturated carbocycles. The minimum atomic E-state index is -0.553. The lowest BCUT2D eigenvalue weighted by Gasteiger charge is -2.27. The zero-order valence-electron chi connectivity index (χ0n) is 7.91. The third-order valence-electron chi connectivity index (χ3n) is 2.90. The van der Waals surface area contributed by atoms with Crippen molar-refractivity contribution in [2.24, 2.45) is 11.7 Å². The standard InChI is InChI=1S/C11H14FNO/c12-10-3-1-2-8-9(10)4-7(6-13)5-11(8)14/h1-3,7,11,14H,4-6,13H2. The van der Waals surface area contributed by atoms with Crippen LogP contribution in [-0.2, 0) is 6.42 Å². The van der Waals surface area contributed by atoms with Gasteiger partial charge in [0.1, 0.15) is 5.82 Å². The highest BCUT2D eigenvalue weighted by Crippen LogP contribution is 2.33. The van der Waals surface area contributed by atoms with Crippen LogP contribution in [-0.4, -0.2) is 11.7 Å². The summed E-state index contributed by atoms with van der Waals surface area (Å²) in [6.45, 7) is 0.505. The number of nitrogens with two attached hydrogens (primary N) is 1. The zero-order valence-corrected chi connectivity index (χ0v) is 7.91. The lowest BCUT2D eigenvalue weighted by Crippen LogP contribution is -2.25. The molecule has 1 aliphatic rings. The van der Waals surface area contributed by atoms with Crippen molar-refractivity contribution in [1.29, 1.82) is 0 Å². The molecule has 0 aromatic heterocycles. The first kappa shape index (κ1) is 9.62. The van der Waals surface area contributed by atoms with Gasteiger partial charge in [-0.2, -0.15) is 0 Å². The van der Waals surface area contributed by atoms with Crippen molar-refractivity contribution < 1.29 is 9.50 Å². The summed E-state index contributed by atoms with van der Waals surface area (Å²) in [7, 11) is 0. The first-order chi connectivity index (χ1) is 6.72. The van der Waals surface area contributed by atoms with Gasteiger partial charge in [-0.3, -0.25) is 0 Å². The maximum atomic E-state index is 13.4. The molecule has 0 spiro atoms. The second-order valence-electron chi connectivity index (χ2n) is 3.86. The average molecular weight is 195 g/mol. The summed E-state index contributed by atoms with van der Waals surface area (Å²) in [5, 5.41) is 9.77. The van der Waals surface area contributed by atoms with Crippen LogP contribution in [0.3, 0.4) is 0 Å². The quantitative estimate of drug-likeness (QED) is 0.711. The van der Waals surface area contributed by atoms with Gasteiger partial charge in [0.05, 0.1) is 6.10 Å². The Morgan fingerprint density at radius 1 is 1.50 bits per heavy atom. The predicted molar refractivity (Wildman–Crippen MR) is 52.2 cm³/mol. The van der Waals surface area contributed by atoms with E-state index in [2.05, 4.69) is 0 Å². The second kappa shape index (κ2) is 3.67. The lowest BCUT2D eigenvalue weighted by molar-refractivity contribution is 0.132. The first-order valence-corrected chi connectivity index (χ1v) is 4.87. The Kier molecular flexibility index (Phi) is 2.52. The molecule has 0 fully saturated rings. The van der Waals surface area contributed by atoms with E-state index in [1.54, 1.807) is 12.1 Å². The van der Waals surface area contributed by atoms with Gasteiger partial charge < -0.3 is 10.8 Å². The second-order valence-corrected chi connectivity index (χ2v) is 3.86. The first-order valence-electron chi connectivity index (χ1n) is 4.87. The molecule has 2 unspecified atom stereocenters. The van der Waals surface area contributed by atoms with E-state index >= 15 is 0 Å². The minimum absolute atomic E-state index is 0.203. The Bertz CT molecular complexity index is 340. The van der Waals surface area contributed by atoms with Crippen LogP contribution < -0.4 is 5.73 Å². The van der Waals surface area contributed by atoms with Crippen molar-refractivity contribution in [2.75, 3.05) is 6.54 Å². The van der Waals surface area contributed by atoms with E-state index in [1.807, 2.05) is 0 Å². The number of halogens is 1. The smallest absolute Gasteiger partial charge is 0.126 e. The van der Waals surface area contributed by atoms with E-state index in [0.29, 0.717) is 24.9 Å². The molecule has 2 nitrogen and oxygen atoms in total. The van der Waals surface area contributed by atoms with E-state index in [0.717, 1.165) is 5.56 Å². The molecular formula is C11H14FNO. The van der Waals surface area contributed by atoms with Gasteiger partial charge >= 0.3 is 0 Å². The molecule has 2 rings (SSSR count). The maximum absolute atomic E-state index is 13.4. The van der Waals surface area contributed by atoms with Crippen LogP contribution in [0.2, 0.25) is 0 Å². The molecule has 0 bridgehead atoms. The van der Waals surface area contributed by atoms with E-state index in [4.69, 9.17) is 5.73 Å². The SMILES string of the molecule is NCC1Cc2c(F)cccc2C(O)C1. The molecule has 0 aliphatic heterocycles. The Labute approximate surface area is 82.5 Å². The number of fused-ring (bicyclic) bond motifs is 1. The monoisotopic (exact) mass is 195 g/mol. The number of hydrogen-bond acceptors (Lipinski definition) is 2. The molecular weight excluding hydrogens is 181 g/mol. The third kappa shape index (κ3) is 1.53. The van der Waals surface area contributed by atoms with E-state index in [9.17, 15) is 9.50 Å². The predicted octanol–water partition coefficient (Wildman–Crippen LogP) is 1.38. The summed E-state index contributed by atoms with van der Waals surface area (Å²) < 4.78 is 13.4. The van der Waals surface area contributed by atoms with Crippen LogP contribution in [0, 0.1) is 11.7 Å².